The second-order valence-corrected chi connectivity index (χ2v) is 8.35. The van der Waals surface area contributed by atoms with Gasteiger partial charge in [0.25, 0.3) is 0 Å². The van der Waals surface area contributed by atoms with E-state index in [1.54, 1.807) is 6.92 Å². The minimum Gasteiger partial charge on any atom is -0.465 e. The Kier molecular flexibility index (Phi) is 5.92. The van der Waals surface area contributed by atoms with Gasteiger partial charge in [0.2, 0.25) is 5.91 Å². The lowest BCUT2D eigenvalue weighted by molar-refractivity contribution is -0.156. The maximum absolute atomic E-state index is 12.4. The third-order valence-corrected chi connectivity index (χ3v) is 5.13. The van der Waals surface area contributed by atoms with Crippen LogP contribution >= 0.6 is 11.8 Å². The van der Waals surface area contributed by atoms with Crippen LogP contribution in [0, 0.1) is 11.3 Å². The Hall–Kier alpha value is -0.710. The molecule has 116 valence electrons. The molecule has 1 aliphatic heterocycles. The first kappa shape index (κ1) is 17.3. The van der Waals surface area contributed by atoms with Crippen LogP contribution in [-0.4, -0.2) is 35.5 Å². The Balaban J connectivity index is 2.66. The number of thioether (sulfide) groups is 1. The number of rotatable bonds is 5. The van der Waals surface area contributed by atoms with Gasteiger partial charge >= 0.3 is 5.97 Å². The summed E-state index contributed by atoms with van der Waals surface area (Å²) in [6, 6.07) is 0. The number of hydrogen-bond acceptors (Lipinski definition) is 4. The lowest BCUT2D eigenvalue weighted by atomic mass is 9.80. The van der Waals surface area contributed by atoms with E-state index in [9.17, 15) is 9.59 Å². The smallest absolute Gasteiger partial charge is 0.319 e. The Morgan fingerprint density at radius 1 is 1.40 bits per heavy atom. The zero-order valence-electron chi connectivity index (χ0n) is 13.2. The van der Waals surface area contributed by atoms with Crippen molar-refractivity contribution < 1.29 is 14.3 Å². The van der Waals surface area contributed by atoms with Crippen LogP contribution < -0.4 is 5.32 Å². The first-order valence-corrected chi connectivity index (χ1v) is 8.26. The molecule has 1 aliphatic rings. The fraction of sp³-hybridized carbons (Fsp3) is 0.867. The van der Waals surface area contributed by atoms with Crippen molar-refractivity contribution in [3.05, 3.63) is 0 Å². The van der Waals surface area contributed by atoms with Crippen molar-refractivity contribution in [2.24, 2.45) is 11.3 Å². The Morgan fingerprint density at radius 3 is 2.50 bits per heavy atom. The average molecular weight is 301 g/mol. The van der Waals surface area contributed by atoms with E-state index >= 15 is 0 Å². The van der Waals surface area contributed by atoms with Crippen molar-refractivity contribution in [3.8, 4) is 0 Å². The van der Waals surface area contributed by atoms with Gasteiger partial charge in [-0.05, 0) is 37.9 Å². The van der Waals surface area contributed by atoms with Crippen LogP contribution in [0.15, 0.2) is 0 Å². The first-order chi connectivity index (χ1) is 9.19. The van der Waals surface area contributed by atoms with E-state index < -0.39 is 17.3 Å². The topological polar surface area (TPSA) is 55.4 Å². The van der Waals surface area contributed by atoms with Crippen LogP contribution in [0.2, 0.25) is 0 Å². The average Bonchev–Trinajstić information content (AvgIpc) is 2.73. The number of amides is 1. The van der Waals surface area contributed by atoms with Gasteiger partial charge in [-0.25, -0.2) is 0 Å². The molecule has 0 aromatic heterocycles. The molecule has 0 saturated carbocycles. The van der Waals surface area contributed by atoms with Gasteiger partial charge in [0, 0.05) is 11.3 Å². The van der Waals surface area contributed by atoms with E-state index in [-0.39, 0.29) is 10.7 Å². The van der Waals surface area contributed by atoms with Gasteiger partial charge in [0.1, 0.15) is 5.92 Å². The quantitative estimate of drug-likeness (QED) is 0.626. The minimum absolute atomic E-state index is 0.104. The molecule has 1 heterocycles. The predicted octanol–water partition coefficient (Wildman–Crippen LogP) is 2.61. The van der Waals surface area contributed by atoms with Crippen LogP contribution in [-0.2, 0) is 14.3 Å². The van der Waals surface area contributed by atoms with Crippen LogP contribution in [0.1, 0.15) is 47.5 Å². The Morgan fingerprint density at radius 2 is 2.05 bits per heavy atom. The highest BCUT2D eigenvalue weighted by Crippen LogP contribution is 2.37. The van der Waals surface area contributed by atoms with Gasteiger partial charge in [-0.15, -0.1) is 0 Å². The standard InChI is InChI=1S/C15H27NO3S/c1-6-19-13(18)11(14(2,3)4)12(17)16-10-15(5)8-7-9-20-15/h11H,6-10H2,1-5H3,(H,16,17). The van der Waals surface area contributed by atoms with Crippen molar-refractivity contribution in [2.45, 2.75) is 52.2 Å². The molecule has 0 bridgehead atoms. The van der Waals surface area contributed by atoms with Crippen LogP contribution in [0.3, 0.4) is 0 Å². The monoisotopic (exact) mass is 301 g/mol. The summed E-state index contributed by atoms with van der Waals surface area (Å²) < 4.78 is 5.15. The number of esters is 1. The highest BCUT2D eigenvalue weighted by molar-refractivity contribution is 8.00. The molecular weight excluding hydrogens is 274 g/mol. The Bertz CT molecular complexity index is 357. The summed E-state index contributed by atoms with van der Waals surface area (Å²) in [4.78, 5) is 24.4. The number of hydrogen-bond donors (Lipinski definition) is 1. The fourth-order valence-corrected chi connectivity index (χ4v) is 3.68. The van der Waals surface area contributed by atoms with Gasteiger partial charge < -0.3 is 10.1 Å². The Labute approximate surface area is 126 Å². The van der Waals surface area contributed by atoms with E-state index in [0.29, 0.717) is 13.2 Å². The van der Waals surface area contributed by atoms with Crippen LogP contribution in [0.25, 0.3) is 0 Å². The van der Waals surface area contributed by atoms with Crippen molar-refractivity contribution >= 4 is 23.6 Å². The number of carbonyl (C=O) groups excluding carboxylic acids is 2. The molecule has 1 N–H and O–H groups in total. The molecule has 20 heavy (non-hydrogen) atoms. The van der Waals surface area contributed by atoms with Gasteiger partial charge in [-0.1, -0.05) is 20.8 Å². The predicted molar refractivity (Wildman–Crippen MR) is 82.7 cm³/mol. The number of carbonyl (C=O) groups is 2. The zero-order valence-corrected chi connectivity index (χ0v) is 14.1. The molecule has 1 amide bonds. The molecule has 0 aromatic carbocycles. The van der Waals surface area contributed by atoms with Gasteiger partial charge in [0.05, 0.1) is 6.61 Å². The summed E-state index contributed by atoms with van der Waals surface area (Å²) in [5, 5.41) is 2.95. The SMILES string of the molecule is CCOC(=O)C(C(=O)NCC1(C)CCCS1)C(C)(C)C. The van der Waals surface area contributed by atoms with Crippen molar-refractivity contribution in [1.82, 2.24) is 5.32 Å². The summed E-state index contributed by atoms with van der Waals surface area (Å²) >= 11 is 1.89. The summed E-state index contributed by atoms with van der Waals surface area (Å²) in [7, 11) is 0. The highest BCUT2D eigenvalue weighted by Gasteiger charge is 2.40. The molecule has 2 atom stereocenters. The maximum atomic E-state index is 12.4. The van der Waals surface area contributed by atoms with E-state index in [4.69, 9.17) is 4.74 Å². The maximum Gasteiger partial charge on any atom is 0.319 e. The molecule has 2 unspecified atom stereocenters. The second kappa shape index (κ2) is 6.83. The molecule has 0 radical (unpaired) electrons. The van der Waals surface area contributed by atoms with Gasteiger partial charge in [0.15, 0.2) is 0 Å². The first-order valence-electron chi connectivity index (χ1n) is 7.28. The molecule has 0 aliphatic carbocycles. The van der Waals surface area contributed by atoms with Crippen LogP contribution in [0.5, 0.6) is 0 Å². The summed E-state index contributed by atoms with van der Waals surface area (Å²) in [6.45, 7) is 10.5. The number of ether oxygens (including phenoxy) is 1. The largest absolute Gasteiger partial charge is 0.465 e. The molecular formula is C15H27NO3S. The summed E-state index contributed by atoms with van der Waals surface area (Å²) in [5.74, 6) is -0.253. The molecule has 1 rings (SSSR count). The lowest BCUT2D eigenvalue weighted by Gasteiger charge is -2.30. The second-order valence-electron chi connectivity index (χ2n) is 6.67. The molecule has 1 saturated heterocycles. The van der Waals surface area contributed by atoms with E-state index in [1.807, 2.05) is 32.5 Å². The van der Waals surface area contributed by atoms with Crippen molar-refractivity contribution in [3.63, 3.8) is 0 Å². The molecule has 0 aromatic rings. The van der Waals surface area contributed by atoms with E-state index in [2.05, 4.69) is 12.2 Å². The third-order valence-electron chi connectivity index (χ3n) is 3.59. The zero-order chi connectivity index (χ0) is 15.4. The van der Waals surface area contributed by atoms with Crippen molar-refractivity contribution in [2.75, 3.05) is 18.9 Å². The number of nitrogens with one attached hydrogen (secondary N) is 1. The molecule has 0 spiro atoms. The highest BCUT2D eigenvalue weighted by atomic mass is 32.2. The van der Waals surface area contributed by atoms with E-state index in [1.165, 1.54) is 6.42 Å². The molecule has 4 nitrogen and oxygen atoms in total. The third kappa shape index (κ3) is 4.69. The van der Waals surface area contributed by atoms with E-state index in [0.717, 1.165) is 12.2 Å². The summed E-state index contributed by atoms with van der Waals surface area (Å²) in [5.41, 5.74) is -0.444. The summed E-state index contributed by atoms with van der Waals surface area (Å²) in [6.07, 6.45) is 2.30. The molecule has 1 fully saturated rings. The lowest BCUT2D eigenvalue weighted by Crippen LogP contribution is -2.47. The van der Waals surface area contributed by atoms with Gasteiger partial charge in [-0.3, -0.25) is 9.59 Å². The van der Waals surface area contributed by atoms with Crippen LogP contribution in [0.4, 0.5) is 0 Å². The minimum atomic E-state index is -0.752. The van der Waals surface area contributed by atoms with Crippen molar-refractivity contribution in [1.29, 1.82) is 0 Å². The fourth-order valence-electron chi connectivity index (χ4n) is 2.43. The normalized spacial score (nSPS) is 24.2. The molecule has 5 heteroatoms. The van der Waals surface area contributed by atoms with Gasteiger partial charge in [-0.2, -0.15) is 11.8 Å².